The van der Waals surface area contributed by atoms with Crippen LogP contribution in [0.2, 0.25) is 0 Å². The molecule has 5 nitrogen and oxygen atoms in total. The highest BCUT2D eigenvalue weighted by Crippen LogP contribution is 2.22. The summed E-state index contributed by atoms with van der Waals surface area (Å²) in [4.78, 5) is 13.0. The first-order valence-electron chi connectivity index (χ1n) is 7.01. The van der Waals surface area contributed by atoms with Crippen molar-refractivity contribution < 1.29 is 9.90 Å². The molecule has 0 radical (unpaired) electrons. The smallest absolute Gasteiger partial charge is 0.303 e. The SMILES string of the molecule is CC(C)n1cc(CN2CCC(CCC(=O)O)C2)cn1. The fourth-order valence-electron chi connectivity index (χ4n) is 2.62. The molecule has 0 aromatic carbocycles. The molecule has 1 aliphatic heterocycles. The molecule has 1 unspecified atom stereocenters. The van der Waals surface area contributed by atoms with E-state index < -0.39 is 5.97 Å². The zero-order valence-corrected chi connectivity index (χ0v) is 11.7. The molecule has 0 spiro atoms. The summed E-state index contributed by atoms with van der Waals surface area (Å²) in [6, 6.07) is 0.399. The summed E-state index contributed by atoms with van der Waals surface area (Å²) in [5, 5.41) is 13.1. The molecule has 1 aromatic rings. The molecule has 1 fully saturated rings. The first-order chi connectivity index (χ1) is 9.04. The second-order valence-electron chi connectivity index (χ2n) is 5.74. The van der Waals surface area contributed by atoms with Gasteiger partial charge in [0.1, 0.15) is 0 Å². The van der Waals surface area contributed by atoms with Gasteiger partial charge < -0.3 is 5.11 Å². The standard InChI is InChI=1S/C14H23N3O2/c1-11(2)17-10-13(7-15-17)9-16-6-5-12(8-16)3-4-14(18)19/h7,10-12H,3-6,8-9H2,1-2H3,(H,18,19). The quantitative estimate of drug-likeness (QED) is 0.856. The maximum atomic E-state index is 10.6. The predicted molar refractivity (Wildman–Crippen MR) is 72.9 cm³/mol. The van der Waals surface area contributed by atoms with Crippen LogP contribution in [-0.2, 0) is 11.3 Å². The highest BCUT2D eigenvalue weighted by atomic mass is 16.4. The molecule has 1 atom stereocenters. The Morgan fingerprint density at radius 3 is 3.00 bits per heavy atom. The first kappa shape index (κ1) is 14.1. The lowest BCUT2D eigenvalue weighted by Gasteiger charge is -2.14. The van der Waals surface area contributed by atoms with Gasteiger partial charge >= 0.3 is 5.97 Å². The molecule has 0 bridgehead atoms. The van der Waals surface area contributed by atoms with E-state index in [1.807, 2.05) is 10.9 Å². The van der Waals surface area contributed by atoms with Crippen LogP contribution in [0.25, 0.3) is 0 Å². The van der Waals surface area contributed by atoms with Crippen molar-refractivity contribution in [3.05, 3.63) is 18.0 Å². The van der Waals surface area contributed by atoms with Crippen LogP contribution >= 0.6 is 0 Å². The molecule has 106 valence electrons. The maximum absolute atomic E-state index is 10.6. The second-order valence-corrected chi connectivity index (χ2v) is 5.74. The van der Waals surface area contributed by atoms with E-state index in [4.69, 9.17) is 5.11 Å². The van der Waals surface area contributed by atoms with Crippen molar-refractivity contribution >= 4 is 5.97 Å². The van der Waals surface area contributed by atoms with E-state index in [1.165, 1.54) is 5.56 Å². The Bertz CT molecular complexity index is 428. The van der Waals surface area contributed by atoms with E-state index in [0.29, 0.717) is 18.4 Å². The normalized spacial score (nSPS) is 20.3. The van der Waals surface area contributed by atoms with Crippen LogP contribution in [0, 0.1) is 5.92 Å². The fourth-order valence-corrected chi connectivity index (χ4v) is 2.62. The number of likely N-dealkylation sites (tertiary alicyclic amines) is 1. The molecule has 1 N–H and O–H groups in total. The zero-order chi connectivity index (χ0) is 13.8. The number of aliphatic carboxylic acids is 1. The molecule has 1 aromatic heterocycles. The second kappa shape index (κ2) is 6.19. The van der Waals surface area contributed by atoms with Gasteiger partial charge in [-0.15, -0.1) is 0 Å². The molecule has 0 amide bonds. The van der Waals surface area contributed by atoms with Crippen molar-refractivity contribution in [2.45, 2.75) is 45.7 Å². The van der Waals surface area contributed by atoms with Crippen LogP contribution in [0.4, 0.5) is 0 Å². The van der Waals surface area contributed by atoms with Gasteiger partial charge in [0, 0.05) is 37.3 Å². The summed E-state index contributed by atoms with van der Waals surface area (Å²) in [5.41, 5.74) is 1.24. The van der Waals surface area contributed by atoms with E-state index in [0.717, 1.165) is 32.5 Å². The monoisotopic (exact) mass is 265 g/mol. The third-order valence-corrected chi connectivity index (χ3v) is 3.73. The highest BCUT2D eigenvalue weighted by Gasteiger charge is 2.23. The summed E-state index contributed by atoms with van der Waals surface area (Å²) in [7, 11) is 0. The van der Waals surface area contributed by atoms with Crippen molar-refractivity contribution in [3.63, 3.8) is 0 Å². The molecule has 0 saturated carbocycles. The molecule has 1 saturated heterocycles. The first-order valence-corrected chi connectivity index (χ1v) is 7.01. The van der Waals surface area contributed by atoms with Crippen molar-refractivity contribution in [2.24, 2.45) is 5.92 Å². The Labute approximate surface area is 114 Å². The van der Waals surface area contributed by atoms with E-state index in [9.17, 15) is 4.79 Å². The number of carbonyl (C=O) groups is 1. The average Bonchev–Trinajstić information content (AvgIpc) is 2.96. The summed E-state index contributed by atoms with van der Waals surface area (Å²) in [5.74, 6) is -0.145. The molecule has 2 rings (SSSR count). The average molecular weight is 265 g/mol. The van der Waals surface area contributed by atoms with Crippen molar-refractivity contribution in [1.29, 1.82) is 0 Å². The largest absolute Gasteiger partial charge is 0.481 e. The zero-order valence-electron chi connectivity index (χ0n) is 11.7. The Morgan fingerprint density at radius 2 is 2.37 bits per heavy atom. The number of carboxylic acid groups (broad SMARTS) is 1. The van der Waals surface area contributed by atoms with Crippen molar-refractivity contribution in [1.82, 2.24) is 14.7 Å². The van der Waals surface area contributed by atoms with Crippen LogP contribution in [0.15, 0.2) is 12.4 Å². The van der Waals surface area contributed by atoms with Gasteiger partial charge in [-0.05, 0) is 39.2 Å². The predicted octanol–water partition coefficient (Wildman–Crippen LogP) is 2.15. The van der Waals surface area contributed by atoms with E-state index in [-0.39, 0.29) is 0 Å². The number of rotatable bonds is 6. The van der Waals surface area contributed by atoms with Gasteiger partial charge in [0.15, 0.2) is 0 Å². The van der Waals surface area contributed by atoms with Gasteiger partial charge in [0.05, 0.1) is 6.20 Å². The lowest BCUT2D eigenvalue weighted by molar-refractivity contribution is -0.137. The molecule has 2 heterocycles. The molecule has 19 heavy (non-hydrogen) atoms. The molecular formula is C14H23N3O2. The van der Waals surface area contributed by atoms with Crippen LogP contribution in [0.3, 0.4) is 0 Å². The fraction of sp³-hybridized carbons (Fsp3) is 0.714. The van der Waals surface area contributed by atoms with Gasteiger partial charge in [0.2, 0.25) is 0 Å². The van der Waals surface area contributed by atoms with E-state index in [2.05, 4.69) is 30.0 Å². The molecule has 0 aliphatic carbocycles. The van der Waals surface area contributed by atoms with Gasteiger partial charge in [0.25, 0.3) is 0 Å². The van der Waals surface area contributed by atoms with Gasteiger partial charge in [-0.2, -0.15) is 5.10 Å². The number of hydrogen-bond acceptors (Lipinski definition) is 3. The highest BCUT2D eigenvalue weighted by molar-refractivity contribution is 5.66. The minimum absolute atomic E-state index is 0.295. The summed E-state index contributed by atoms with van der Waals surface area (Å²) >= 11 is 0. The minimum Gasteiger partial charge on any atom is -0.481 e. The van der Waals surface area contributed by atoms with Crippen molar-refractivity contribution in [2.75, 3.05) is 13.1 Å². The van der Waals surface area contributed by atoms with E-state index in [1.54, 1.807) is 0 Å². The summed E-state index contributed by atoms with van der Waals surface area (Å²) < 4.78 is 1.98. The molecular weight excluding hydrogens is 242 g/mol. The van der Waals surface area contributed by atoms with Gasteiger partial charge in [-0.1, -0.05) is 0 Å². The topological polar surface area (TPSA) is 58.4 Å². The third kappa shape index (κ3) is 4.06. The third-order valence-electron chi connectivity index (χ3n) is 3.73. The summed E-state index contributed by atoms with van der Waals surface area (Å²) in [6.45, 7) is 7.25. The van der Waals surface area contributed by atoms with E-state index >= 15 is 0 Å². The Hall–Kier alpha value is -1.36. The van der Waals surface area contributed by atoms with Crippen LogP contribution in [0.5, 0.6) is 0 Å². The van der Waals surface area contributed by atoms with Crippen LogP contribution in [-0.4, -0.2) is 38.8 Å². The molecule has 1 aliphatic rings. The van der Waals surface area contributed by atoms with Crippen molar-refractivity contribution in [3.8, 4) is 0 Å². The lowest BCUT2D eigenvalue weighted by Crippen LogP contribution is -2.20. The maximum Gasteiger partial charge on any atom is 0.303 e. The summed E-state index contributed by atoms with van der Waals surface area (Å²) in [6.07, 6.45) is 6.26. The number of hydrogen-bond donors (Lipinski definition) is 1. The Balaban J connectivity index is 1.79. The number of carboxylic acids is 1. The van der Waals surface area contributed by atoms with Gasteiger partial charge in [-0.25, -0.2) is 0 Å². The minimum atomic E-state index is -0.684. The Morgan fingerprint density at radius 1 is 1.58 bits per heavy atom. The Kier molecular flexibility index (Phi) is 4.58. The van der Waals surface area contributed by atoms with Crippen LogP contribution < -0.4 is 0 Å². The van der Waals surface area contributed by atoms with Crippen LogP contribution in [0.1, 0.15) is 44.7 Å². The van der Waals surface area contributed by atoms with Gasteiger partial charge in [-0.3, -0.25) is 14.4 Å². The molecule has 5 heteroatoms. The number of aromatic nitrogens is 2. The number of nitrogens with zero attached hydrogens (tertiary/aromatic N) is 3. The lowest BCUT2D eigenvalue weighted by atomic mass is 10.0.